The van der Waals surface area contributed by atoms with Crippen LogP contribution in [-0.2, 0) is 9.53 Å². The van der Waals surface area contributed by atoms with Gasteiger partial charge in [0.1, 0.15) is 4.83 Å². The molecule has 0 saturated carbocycles. The molecule has 0 aromatic heterocycles. The minimum Gasteiger partial charge on any atom is -0.468 e. The monoisotopic (exact) mass is 265 g/mol. The van der Waals surface area contributed by atoms with E-state index in [1.165, 1.54) is 7.11 Å². The van der Waals surface area contributed by atoms with Gasteiger partial charge in [-0.05, 0) is 12.3 Å². The van der Waals surface area contributed by atoms with Crippen molar-refractivity contribution in [3.8, 4) is 0 Å². The molecule has 0 bridgehead atoms. The number of esters is 1. The predicted octanol–water partition coefficient (Wildman–Crippen LogP) is 1.95. The van der Waals surface area contributed by atoms with Crippen molar-refractivity contribution in [3.05, 3.63) is 0 Å². The number of alkyl halides is 1. The highest BCUT2D eigenvalue weighted by Gasteiger charge is 2.22. The molecule has 4 heteroatoms. The molecule has 0 heterocycles. The average molecular weight is 266 g/mol. The van der Waals surface area contributed by atoms with E-state index in [-0.39, 0.29) is 16.2 Å². The van der Waals surface area contributed by atoms with Crippen molar-refractivity contribution >= 4 is 21.9 Å². The summed E-state index contributed by atoms with van der Waals surface area (Å²) < 4.78 is 4.60. The van der Waals surface area contributed by atoms with Gasteiger partial charge in [0, 0.05) is 12.6 Å². The number of ether oxygens (including phenoxy) is 1. The Kier molecular flexibility index (Phi) is 5.67. The first-order chi connectivity index (χ1) is 6.29. The van der Waals surface area contributed by atoms with Gasteiger partial charge in [0.15, 0.2) is 0 Å². The van der Waals surface area contributed by atoms with Crippen molar-refractivity contribution in [2.75, 3.05) is 13.7 Å². The summed E-state index contributed by atoms with van der Waals surface area (Å²) in [6, 6.07) is 0.354. The Morgan fingerprint density at radius 2 is 2.00 bits per heavy atom. The molecule has 0 amide bonds. The number of carbonyl (C=O) groups excluding carboxylic acids is 1. The van der Waals surface area contributed by atoms with E-state index in [0.29, 0.717) is 12.6 Å². The van der Waals surface area contributed by atoms with Crippen LogP contribution in [0, 0.1) is 5.41 Å². The highest BCUT2D eigenvalue weighted by molar-refractivity contribution is 9.10. The van der Waals surface area contributed by atoms with Crippen molar-refractivity contribution in [1.29, 1.82) is 0 Å². The number of carbonyl (C=O) groups is 1. The van der Waals surface area contributed by atoms with Gasteiger partial charge in [0.05, 0.1) is 7.11 Å². The SMILES string of the molecule is COC(=O)C(Br)CNC(C)C(C)(C)C. The van der Waals surface area contributed by atoms with Gasteiger partial charge in [-0.25, -0.2) is 0 Å². The topological polar surface area (TPSA) is 38.3 Å². The van der Waals surface area contributed by atoms with Gasteiger partial charge < -0.3 is 10.1 Å². The van der Waals surface area contributed by atoms with E-state index in [2.05, 4.69) is 53.7 Å². The summed E-state index contributed by atoms with van der Waals surface area (Å²) in [6.07, 6.45) is 0. The number of rotatable bonds is 4. The van der Waals surface area contributed by atoms with Crippen LogP contribution < -0.4 is 5.32 Å². The maximum absolute atomic E-state index is 11.1. The Balaban J connectivity index is 3.89. The maximum Gasteiger partial charge on any atom is 0.320 e. The Bertz CT molecular complexity index is 189. The number of methoxy groups -OCH3 is 1. The fraction of sp³-hybridized carbons (Fsp3) is 0.900. The van der Waals surface area contributed by atoms with E-state index in [0.717, 1.165) is 0 Å². The quantitative estimate of drug-likeness (QED) is 0.624. The number of nitrogens with one attached hydrogen (secondary N) is 1. The van der Waals surface area contributed by atoms with E-state index in [1.807, 2.05) is 0 Å². The highest BCUT2D eigenvalue weighted by atomic mass is 79.9. The van der Waals surface area contributed by atoms with Gasteiger partial charge in [0.2, 0.25) is 0 Å². The average Bonchev–Trinajstić information content (AvgIpc) is 2.10. The minimum absolute atomic E-state index is 0.197. The third-order valence-electron chi connectivity index (χ3n) is 2.36. The van der Waals surface area contributed by atoms with Gasteiger partial charge in [0.25, 0.3) is 0 Å². The largest absolute Gasteiger partial charge is 0.468 e. The molecule has 1 N–H and O–H groups in total. The molecule has 0 aromatic carbocycles. The zero-order valence-corrected chi connectivity index (χ0v) is 11.1. The standard InChI is InChI=1S/C10H20BrNO2/c1-7(10(2,3)4)12-6-8(11)9(13)14-5/h7-8,12H,6H2,1-5H3. The van der Waals surface area contributed by atoms with Crippen LogP contribution in [0.2, 0.25) is 0 Å². The van der Waals surface area contributed by atoms with Gasteiger partial charge in [-0.15, -0.1) is 0 Å². The molecule has 0 fully saturated rings. The van der Waals surface area contributed by atoms with Gasteiger partial charge in [-0.1, -0.05) is 36.7 Å². The summed E-state index contributed by atoms with van der Waals surface area (Å²) in [7, 11) is 1.39. The third kappa shape index (κ3) is 4.96. The summed E-state index contributed by atoms with van der Waals surface area (Å²) in [4.78, 5) is 10.8. The number of halogens is 1. The molecule has 84 valence electrons. The van der Waals surface area contributed by atoms with Crippen molar-refractivity contribution in [2.24, 2.45) is 5.41 Å². The van der Waals surface area contributed by atoms with E-state index in [4.69, 9.17) is 0 Å². The molecule has 3 nitrogen and oxygen atoms in total. The van der Waals surface area contributed by atoms with Gasteiger partial charge in [-0.2, -0.15) is 0 Å². The second kappa shape index (κ2) is 5.71. The minimum atomic E-state index is -0.266. The lowest BCUT2D eigenvalue weighted by molar-refractivity contribution is -0.139. The molecule has 0 aliphatic carbocycles. The molecule has 0 aromatic rings. The lowest BCUT2D eigenvalue weighted by atomic mass is 9.88. The second-order valence-corrected chi connectivity index (χ2v) is 5.59. The normalized spacial score (nSPS) is 16.1. The molecule has 0 rings (SSSR count). The fourth-order valence-electron chi connectivity index (χ4n) is 0.798. The summed E-state index contributed by atoms with van der Waals surface area (Å²) >= 11 is 3.26. The smallest absolute Gasteiger partial charge is 0.320 e. The van der Waals surface area contributed by atoms with Gasteiger partial charge in [-0.3, -0.25) is 4.79 Å². The Labute approximate surface area is 94.7 Å². The Hall–Kier alpha value is -0.0900. The van der Waals surface area contributed by atoms with Crippen LogP contribution in [0.15, 0.2) is 0 Å². The molecule has 0 saturated heterocycles. The molecule has 2 atom stereocenters. The Morgan fingerprint density at radius 1 is 1.50 bits per heavy atom. The van der Waals surface area contributed by atoms with Crippen molar-refractivity contribution in [3.63, 3.8) is 0 Å². The molecular formula is C10H20BrNO2. The van der Waals surface area contributed by atoms with E-state index < -0.39 is 0 Å². The Morgan fingerprint density at radius 3 is 2.36 bits per heavy atom. The van der Waals surface area contributed by atoms with Crippen LogP contribution >= 0.6 is 15.9 Å². The predicted molar refractivity (Wildman–Crippen MR) is 61.7 cm³/mol. The van der Waals surface area contributed by atoms with Crippen molar-refractivity contribution in [1.82, 2.24) is 5.32 Å². The van der Waals surface area contributed by atoms with E-state index in [1.54, 1.807) is 0 Å². The lowest BCUT2D eigenvalue weighted by Crippen LogP contribution is -2.42. The summed E-state index contributed by atoms with van der Waals surface area (Å²) in [5.74, 6) is -0.237. The van der Waals surface area contributed by atoms with Crippen LogP contribution in [-0.4, -0.2) is 30.5 Å². The van der Waals surface area contributed by atoms with E-state index >= 15 is 0 Å². The van der Waals surface area contributed by atoms with E-state index in [9.17, 15) is 4.79 Å². The molecule has 0 spiro atoms. The van der Waals surface area contributed by atoms with Crippen LogP contribution in [0.3, 0.4) is 0 Å². The first-order valence-corrected chi connectivity index (χ1v) is 5.66. The van der Waals surface area contributed by atoms with Crippen LogP contribution in [0.5, 0.6) is 0 Å². The van der Waals surface area contributed by atoms with Crippen molar-refractivity contribution < 1.29 is 9.53 Å². The molecule has 0 aliphatic rings. The summed E-state index contributed by atoms with van der Waals surface area (Å²) in [5.41, 5.74) is 0.197. The number of hydrogen-bond donors (Lipinski definition) is 1. The van der Waals surface area contributed by atoms with Gasteiger partial charge >= 0.3 is 5.97 Å². The first kappa shape index (κ1) is 13.9. The molecule has 14 heavy (non-hydrogen) atoms. The molecule has 0 aliphatic heterocycles. The summed E-state index contributed by atoms with van der Waals surface area (Å²) in [6.45, 7) is 9.17. The van der Waals surface area contributed by atoms with Crippen LogP contribution in [0.1, 0.15) is 27.7 Å². The third-order valence-corrected chi connectivity index (χ3v) is 3.06. The molecular weight excluding hydrogens is 246 g/mol. The van der Waals surface area contributed by atoms with Crippen LogP contribution in [0.4, 0.5) is 0 Å². The fourth-order valence-corrected chi connectivity index (χ4v) is 1.17. The molecule has 2 unspecified atom stereocenters. The van der Waals surface area contributed by atoms with Crippen LogP contribution in [0.25, 0.3) is 0 Å². The van der Waals surface area contributed by atoms with Crippen molar-refractivity contribution in [2.45, 2.75) is 38.6 Å². The zero-order valence-electron chi connectivity index (χ0n) is 9.56. The first-order valence-electron chi connectivity index (χ1n) is 4.74. The molecule has 0 radical (unpaired) electrons. The summed E-state index contributed by atoms with van der Waals surface area (Å²) in [5, 5.41) is 3.29. The number of hydrogen-bond acceptors (Lipinski definition) is 3. The zero-order chi connectivity index (χ0) is 11.4. The maximum atomic E-state index is 11.1. The highest BCUT2D eigenvalue weighted by Crippen LogP contribution is 2.18. The lowest BCUT2D eigenvalue weighted by Gasteiger charge is -2.28. The second-order valence-electron chi connectivity index (χ2n) is 4.49.